The lowest BCUT2D eigenvalue weighted by molar-refractivity contribution is -0.129. The van der Waals surface area contributed by atoms with Gasteiger partial charge in [-0.15, -0.1) is 0 Å². The van der Waals surface area contributed by atoms with Gasteiger partial charge in [-0.25, -0.2) is 5.48 Å². The van der Waals surface area contributed by atoms with Crippen LogP contribution in [0, 0.1) is 11.8 Å². The van der Waals surface area contributed by atoms with Gasteiger partial charge in [0.2, 0.25) is 11.8 Å². The summed E-state index contributed by atoms with van der Waals surface area (Å²) < 4.78 is 0. The van der Waals surface area contributed by atoms with Gasteiger partial charge >= 0.3 is 0 Å². The molecule has 1 heterocycles. The molecule has 0 aromatic heterocycles. The maximum absolute atomic E-state index is 12.3. The highest BCUT2D eigenvalue weighted by Crippen LogP contribution is 2.25. The molecule has 0 saturated carbocycles. The summed E-state index contributed by atoms with van der Waals surface area (Å²) in [6.45, 7) is 1.77. The molecule has 3 rings (SSSR count). The lowest BCUT2D eigenvalue weighted by Crippen LogP contribution is -2.22. The van der Waals surface area contributed by atoms with Crippen LogP contribution in [-0.2, 0) is 9.59 Å². The first-order chi connectivity index (χ1) is 13.6. The van der Waals surface area contributed by atoms with Gasteiger partial charge in [0.05, 0.1) is 11.4 Å². The van der Waals surface area contributed by atoms with Crippen LogP contribution >= 0.6 is 0 Å². The summed E-state index contributed by atoms with van der Waals surface area (Å²) in [5, 5.41) is 11.4. The van der Waals surface area contributed by atoms with Crippen molar-refractivity contribution in [1.82, 2.24) is 5.48 Å². The van der Waals surface area contributed by atoms with Gasteiger partial charge in [0.25, 0.3) is 0 Å². The fourth-order valence-electron chi connectivity index (χ4n) is 2.87. The molecule has 1 aliphatic heterocycles. The van der Waals surface area contributed by atoms with Gasteiger partial charge in [-0.05, 0) is 31.5 Å². The second-order valence-electron chi connectivity index (χ2n) is 6.46. The van der Waals surface area contributed by atoms with E-state index in [1.165, 1.54) is 0 Å². The highest BCUT2D eigenvalue weighted by molar-refractivity contribution is 6.19. The van der Waals surface area contributed by atoms with Gasteiger partial charge in [0.1, 0.15) is 6.04 Å². The molecular weight excluding hydrogens is 354 g/mol. The van der Waals surface area contributed by atoms with Crippen LogP contribution < -0.4 is 10.8 Å². The Morgan fingerprint density at radius 3 is 2.79 bits per heavy atom. The van der Waals surface area contributed by atoms with Crippen molar-refractivity contribution >= 4 is 23.2 Å². The SMILES string of the molecule is C[C@@H]1N=C(c2ccccc2)c2cc(C#CCCCC(=O)NO)ccc2NC1=O. The molecule has 0 saturated heterocycles. The minimum absolute atomic E-state index is 0.145. The minimum atomic E-state index is -0.491. The summed E-state index contributed by atoms with van der Waals surface area (Å²) in [4.78, 5) is 27.9. The molecule has 2 aromatic carbocycles. The summed E-state index contributed by atoms with van der Waals surface area (Å²) in [5.41, 5.74) is 5.64. The van der Waals surface area contributed by atoms with Gasteiger partial charge in [-0.1, -0.05) is 42.2 Å². The van der Waals surface area contributed by atoms with Crippen LogP contribution in [0.15, 0.2) is 53.5 Å². The molecular formula is C22H21N3O3. The Morgan fingerprint density at radius 1 is 1.25 bits per heavy atom. The first-order valence-corrected chi connectivity index (χ1v) is 9.09. The van der Waals surface area contributed by atoms with Crippen LogP contribution in [0.5, 0.6) is 0 Å². The summed E-state index contributed by atoms with van der Waals surface area (Å²) in [6.07, 6.45) is 1.33. The van der Waals surface area contributed by atoms with E-state index in [1.54, 1.807) is 12.4 Å². The predicted molar refractivity (Wildman–Crippen MR) is 107 cm³/mol. The van der Waals surface area contributed by atoms with E-state index in [4.69, 9.17) is 5.21 Å². The van der Waals surface area contributed by atoms with Crippen LogP contribution in [0.4, 0.5) is 5.69 Å². The van der Waals surface area contributed by atoms with Crippen molar-refractivity contribution in [3.63, 3.8) is 0 Å². The molecule has 0 fully saturated rings. The number of nitrogens with one attached hydrogen (secondary N) is 2. The molecule has 3 N–H and O–H groups in total. The number of anilines is 1. The van der Waals surface area contributed by atoms with E-state index >= 15 is 0 Å². The first kappa shape index (κ1) is 19.3. The number of aliphatic imine (C=N–C) groups is 1. The lowest BCUT2D eigenvalue weighted by Gasteiger charge is -2.10. The van der Waals surface area contributed by atoms with E-state index in [1.807, 2.05) is 48.5 Å². The zero-order chi connectivity index (χ0) is 19.9. The number of nitrogens with zero attached hydrogens (tertiary/aromatic N) is 1. The zero-order valence-electron chi connectivity index (χ0n) is 15.5. The highest BCUT2D eigenvalue weighted by atomic mass is 16.5. The van der Waals surface area contributed by atoms with Crippen molar-refractivity contribution in [2.24, 2.45) is 4.99 Å². The number of hydrogen-bond acceptors (Lipinski definition) is 4. The van der Waals surface area contributed by atoms with Gasteiger partial charge in [-0.3, -0.25) is 19.8 Å². The number of benzodiazepines with no additional fused rings is 1. The monoisotopic (exact) mass is 375 g/mol. The second kappa shape index (κ2) is 8.98. The molecule has 0 bridgehead atoms. The van der Waals surface area contributed by atoms with Crippen molar-refractivity contribution in [3.8, 4) is 11.8 Å². The van der Waals surface area contributed by atoms with E-state index in [2.05, 4.69) is 22.2 Å². The lowest BCUT2D eigenvalue weighted by atomic mass is 9.98. The summed E-state index contributed by atoms with van der Waals surface area (Å²) in [7, 11) is 0. The van der Waals surface area contributed by atoms with E-state index in [-0.39, 0.29) is 12.3 Å². The average Bonchev–Trinajstić information content (AvgIpc) is 2.84. The zero-order valence-corrected chi connectivity index (χ0v) is 15.5. The first-order valence-electron chi connectivity index (χ1n) is 9.09. The van der Waals surface area contributed by atoms with Crippen LogP contribution in [-0.4, -0.2) is 28.8 Å². The standard InChI is InChI=1S/C22H21N3O3/c1-15-22(27)24-19-13-12-16(8-4-2-7-11-20(26)25-28)14-18(19)21(23-15)17-9-5-3-6-10-17/h3,5-6,9-10,12-15,28H,2,7,11H2,1H3,(H,24,27)(H,25,26)/t15-/m0/s1. The molecule has 0 aliphatic carbocycles. The molecule has 2 amide bonds. The Bertz CT molecular complexity index is 972. The Labute approximate surface area is 163 Å². The second-order valence-corrected chi connectivity index (χ2v) is 6.46. The maximum Gasteiger partial charge on any atom is 0.248 e. The smallest absolute Gasteiger partial charge is 0.248 e. The molecule has 0 radical (unpaired) electrons. The Kier molecular flexibility index (Phi) is 6.20. The van der Waals surface area contributed by atoms with Crippen molar-refractivity contribution in [3.05, 3.63) is 65.2 Å². The number of hydroxylamine groups is 1. The van der Waals surface area contributed by atoms with Crippen LogP contribution in [0.2, 0.25) is 0 Å². The molecule has 1 aliphatic rings. The average molecular weight is 375 g/mol. The number of unbranched alkanes of at least 4 members (excludes halogenated alkanes) is 1. The molecule has 1 atom stereocenters. The molecule has 0 unspecified atom stereocenters. The normalized spacial score (nSPS) is 15.3. The highest BCUT2D eigenvalue weighted by Gasteiger charge is 2.22. The Balaban J connectivity index is 1.89. The largest absolute Gasteiger partial charge is 0.324 e. The number of carbonyl (C=O) groups is 2. The van der Waals surface area contributed by atoms with Crippen LogP contribution in [0.3, 0.4) is 0 Å². The maximum atomic E-state index is 12.3. The van der Waals surface area contributed by atoms with Gasteiger partial charge in [-0.2, -0.15) is 0 Å². The fraction of sp³-hybridized carbons (Fsp3) is 0.227. The van der Waals surface area contributed by atoms with Crippen molar-refractivity contribution in [2.45, 2.75) is 32.2 Å². The molecule has 28 heavy (non-hydrogen) atoms. The molecule has 6 nitrogen and oxygen atoms in total. The summed E-state index contributed by atoms with van der Waals surface area (Å²) in [6, 6.07) is 14.9. The van der Waals surface area contributed by atoms with Crippen molar-refractivity contribution < 1.29 is 14.8 Å². The molecule has 2 aromatic rings. The molecule has 0 spiro atoms. The Morgan fingerprint density at radius 2 is 2.04 bits per heavy atom. The molecule has 6 heteroatoms. The van der Waals surface area contributed by atoms with E-state index in [0.29, 0.717) is 18.5 Å². The van der Waals surface area contributed by atoms with Crippen molar-refractivity contribution in [2.75, 3.05) is 5.32 Å². The van der Waals surface area contributed by atoms with E-state index in [0.717, 1.165) is 22.4 Å². The summed E-state index contributed by atoms with van der Waals surface area (Å²) >= 11 is 0. The van der Waals surface area contributed by atoms with Gasteiger partial charge < -0.3 is 5.32 Å². The third-order valence-electron chi connectivity index (χ3n) is 4.35. The topological polar surface area (TPSA) is 90.8 Å². The van der Waals surface area contributed by atoms with E-state index < -0.39 is 11.9 Å². The van der Waals surface area contributed by atoms with E-state index in [9.17, 15) is 9.59 Å². The number of hydrogen-bond donors (Lipinski definition) is 3. The van der Waals surface area contributed by atoms with Crippen molar-refractivity contribution in [1.29, 1.82) is 0 Å². The van der Waals surface area contributed by atoms with Crippen LogP contribution in [0.25, 0.3) is 0 Å². The Hall–Kier alpha value is -3.43. The number of fused-ring (bicyclic) bond motifs is 1. The summed E-state index contributed by atoms with van der Waals surface area (Å²) in [5.74, 6) is 5.56. The van der Waals surface area contributed by atoms with Gasteiger partial charge in [0, 0.05) is 29.5 Å². The quantitative estimate of drug-likeness (QED) is 0.332. The minimum Gasteiger partial charge on any atom is -0.324 e. The van der Waals surface area contributed by atoms with Gasteiger partial charge in [0.15, 0.2) is 0 Å². The predicted octanol–water partition coefficient (Wildman–Crippen LogP) is 2.89. The number of rotatable bonds is 4. The molecule has 142 valence electrons. The third kappa shape index (κ3) is 4.64. The number of amides is 2. The third-order valence-corrected chi connectivity index (χ3v) is 4.35. The fourth-order valence-corrected chi connectivity index (χ4v) is 2.87. The number of carbonyl (C=O) groups excluding carboxylic acids is 2. The van der Waals surface area contributed by atoms with Crippen LogP contribution in [0.1, 0.15) is 42.9 Å². The number of benzene rings is 2.